The molecule has 1 heterocycles. The predicted molar refractivity (Wildman–Crippen MR) is 68.3 cm³/mol. The second-order valence-electron chi connectivity index (χ2n) is 4.83. The lowest BCUT2D eigenvalue weighted by molar-refractivity contribution is -0.140. The van der Waals surface area contributed by atoms with Crippen LogP contribution in [0, 0.1) is 5.82 Å². The molecule has 0 saturated heterocycles. The van der Waals surface area contributed by atoms with Crippen molar-refractivity contribution in [3.05, 3.63) is 41.5 Å². The summed E-state index contributed by atoms with van der Waals surface area (Å²) < 4.78 is 52.7. The first-order valence-corrected chi connectivity index (χ1v) is 6.29. The molecular weight excluding hydrogens is 288 g/mol. The average molecular weight is 302 g/mol. The fourth-order valence-electron chi connectivity index (χ4n) is 1.77. The van der Waals surface area contributed by atoms with E-state index in [9.17, 15) is 17.6 Å². The summed E-state index contributed by atoms with van der Waals surface area (Å²) in [6, 6.07) is 2.94. The molecule has 1 aromatic carbocycles. The molecule has 0 saturated carbocycles. The molecule has 0 spiro atoms. The summed E-state index contributed by atoms with van der Waals surface area (Å²) in [6.45, 7) is 4.27. The van der Waals surface area contributed by atoms with Gasteiger partial charge in [0.25, 0.3) is 0 Å². The summed E-state index contributed by atoms with van der Waals surface area (Å²) in [5.41, 5.74) is -0.622. The van der Waals surface area contributed by atoms with Crippen LogP contribution < -0.4 is 5.32 Å². The third-order valence-corrected chi connectivity index (χ3v) is 2.81. The number of hydrogen-bond acceptors (Lipinski definition) is 3. The van der Waals surface area contributed by atoms with Gasteiger partial charge in [-0.05, 0) is 18.2 Å². The molecule has 0 atom stereocenters. The zero-order chi connectivity index (χ0) is 15.6. The van der Waals surface area contributed by atoms with Gasteiger partial charge in [0.05, 0.1) is 23.1 Å². The van der Waals surface area contributed by atoms with E-state index in [1.807, 2.05) is 13.8 Å². The lowest BCUT2D eigenvalue weighted by Crippen LogP contribution is -2.23. The number of rotatable bonds is 4. The first-order chi connectivity index (χ1) is 9.79. The Hall–Kier alpha value is -1.96. The highest BCUT2D eigenvalue weighted by atomic mass is 19.4. The van der Waals surface area contributed by atoms with Crippen molar-refractivity contribution in [1.82, 2.24) is 20.3 Å². The Morgan fingerprint density at radius 1 is 1.29 bits per heavy atom. The highest BCUT2D eigenvalue weighted by Gasteiger charge is 2.34. The molecule has 0 fully saturated rings. The molecule has 8 heteroatoms. The van der Waals surface area contributed by atoms with E-state index in [0.29, 0.717) is 12.2 Å². The maximum absolute atomic E-state index is 13.3. The predicted octanol–water partition coefficient (Wildman–Crippen LogP) is 2.92. The van der Waals surface area contributed by atoms with Gasteiger partial charge < -0.3 is 5.32 Å². The molecule has 0 unspecified atom stereocenters. The van der Waals surface area contributed by atoms with Gasteiger partial charge in [-0.1, -0.05) is 19.1 Å². The normalized spacial score (nSPS) is 12.1. The molecule has 1 N–H and O–H groups in total. The molecule has 0 aliphatic heterocycles. The second-order valence-corrected chi connectivity index (χ2v) is 4.83. The molecular formula is C13H14F4N4. The van der Waals surface area contributed by atoms with Crippen LogP contribution in [0.2, 0.25) is 0 Å². The summed E-state index contributed by atoms with van der Waals surface area (Å²) in [7, 11) is 0. The summed E-state index contributed by atoms with van der Waals surface area (Å²) in [5, 5.41) is 10.6. The summed E-state index contributed by atoms with van der Waals surface area (Å²) in [5.74, 6) is -1.31. The molecule has 0 aliphatic carbocycles. The van der Waals surface area contributed by atoms with Gasteiger partial charge >= 0.3 is 6.18 Å². The first kappa shape index (κ1) is 15.4. The minimum atomic E-state index is -4.75. The third-order valence-electron chi connectivity index (χ3n) is 2.81. The van der Waals surface area contributed by atoms with Crippen LogP contribution in [-0.2, 0) is 12.7 Å². The van der Waals surface area contributed by atoms with E-state index in [1.165, 1.54) is 16.9 Å². The van der Waals surface area contributed by atoms with E-state index in [-0.39, 0.29) is 11.7 Å². The van der Waals surface area contributed by atoms with Crippen LogP contribution in [0.4, 0.5) is 17.6 Å². The maximum atomic E-state index is 13.3. The minimum Gasteiger partial charge on any atom is -0.309 e. The molecule has 0 radical (unpaired) electrons. The number of alkyl halides is 3. The third kappa shape index (κ3) is 3.57. The van der Waals surface area contributed by atoms with Crippen molar-refractivity contribution in [2.75, 3.05) is 0 Å². The second kappa shape index (κ2) is 5.80. The van der Waals surface area contributed by atoms with Gasteiger partial charge in [-0.25, -0.2) is 9.07 Å². The number of aromatic nitrogens is 3. The molecule has 0 amide bonds. The van der Waals surface area contributed by atoms with Crippen molar-refractivity contribution in [2.24, 2.45) is 0 Å². The molecule has 2 rings (SSSR count). The van der Waals surface area contributed by atoms with E-state index in [4.69, 9.17) is 0 Å². The zero-order valence-corrected chi connectivity index (χ0v) is 11.4. The van der Waals surface area contributed by atoms with Crippen molar-refractivity contribution < 1.29 is 17.6 Å². The standard InChI is InChI=1S/C13H14F4N4/c1-8(2)18-6-10-7-19-20-21(10)9-3-4-12(14)11(5-9)13(15,16)17/h3-5,7-8,18H,6H2,1-2H3. The number of benzene rings is 1. The van der Waals surface area contributed by atoms with Crippen molar-refractivity contribution in [1.29, 1.82) is 0 Å². The topological polar surface area (TPSA) is 42.7 Å². The fourth-order valence-corrected chi connectivity index (χ4v) is 1.77. The Morgan fingerprint density at radius 2 is 2.00 bits per heavy atom. The molecule has 21 heavy (non-hydrogen) atoms. The van der Waals surface area contributed by atoms with Crippen LogP contribution in [0.25, 0.3) is 5.69 Å². The summed E-state index contributed by atoms with van der Waals surface area (Å²) >= 11 is 0. The number of nitrogens with zero attached hydrogens (tertiary/aromatic N) is 3. The van der Waals surface area contributed by atoms with Crippen LogP contribution >= 0.6 is 0 Å². The SMILES string of the molecule is CC(C)NCc1cnnn1-c1ccc(F)c(C(F)(F)F)c1. The fraction of sp³-hybridized carbons (Fsp3) is 0.385. The maximum Gasteiger partial charge on any atom is 0.419 e. The molecule has 114 valence electrons. The zero-order valence-electron chi connectivity index (χ0n) is 11.4. The van der Waals surface area contributed by atoms with Crippen LogP contribution in [0.1, 0.15) is 25.1 Å². The monoisotopic (exact) mass is 302 g/mol. The van der Waals surface area contributed by atoms with E-state index in [2.05, 4.69) is 15.6 Å². The molecule has 0 aliphatic rings. The Balaban J connectivity index is 2.37. The van der Waals surface area contributed by atoms with E-state index in [0.717, 1.165) is 12.1 Å². The van der Waals surface area contributed by atoms with Gasteiger partial charge in [0, 0.05) is 12.6 Å². The Labute approximate surface area is 118 Å². The van der Waals surface area contributed by atoms with Gasteiger partial charge in [-0.3, -0.25) is 0 Å². The Morgan fingerprint density at radius 3 is 2.62 bits per heavy atom. The van der Waals surface area contributed by atoms with Gasteiger partial charge in [0.2, 0.25) is 0 Å². The lowest BCUT2D eigenvalue weighted by atomic mass is 10.2. The molecule has 2 aromatic rings. The van der Waals surface area contributed by atoms with Crippen LogP contribution in [0.15, 0.2) is 24.4 Å². The van der Waals surface area contributed by atoms with Gasteiger partial charge in [-0.15, -0.1) is 5.10 Å². The van der Waals surface area contributed by atoms with Gasteiger partial charge in [0.1, 0.15) is 5.82 Å². The van der Waals surface area contributed by atoms with E-state index < -0.39 is 17.6 Å². The molecule has 0 bridgehead atoms. The highest BCUT2D eigenvalue weighted by Crippen LogP contribution is 2.32. The number of hydrogen-bond donors (Lipinski definition) is 1. The minimum absolute atomic E-state index is 0.113. The molecule has 4 nitrogen and oxygen atoms in total. The van der Waals surface area contributed by atoms with Crippen molar-refractivity contribution in [3.63, 3.8) is 0 Å². The van der Waals surface area contributed by atoms with Crippen molar-refractivity contribution >= 4 is 0 Å². The smallest absolute Gasteiger partial charge is 0.309 e. The largest absolute Gasteiger partial charge is 0.419 e. The van der Waals surface area contributed by atoms with E-state index in [1.54, 1.807) is 0 Å². The van der Waals surface area contributed by atoms with Crippen LogP contribution in [-0.4, -0.2) is 21.0 Å². The van der Waals surface area contributed by atoms with Crippen molar-refractivity contribution in [2.45, 2.75) is 32.6 Å². The Bertz CT molecular complexity index is 619. The van der Waals surface area contributed by atoms with Crippen molar-refractivity contribution in [3.8, 4) is 5.69 Å². The van der Waals surface area contributed by atoms with Gasteiger partial charge in [0.15, 0.2) is 0 Å². The first-order valence-electron chi connectivity index (χ1n) is 6.29. The average Bonchev–Trinajstić information content (AvgIpc) is 2.84. The summed E-state index contributed by atoms with van der Waals surface area (Å²) in [4.78, 5) is 0. The quantitative estimate of drug-likeness (QED) is 0.883. The van der Waals surface area contributed by atoms with Gasteiger partial charge in [-0.2, -0.15) is 13.2 Å². The van der Waals surface area contributed by atoms with E-state index >= 15 is 0 Å². The number of halogens is 4. The number of nitrogens with one attached hydrogen (secondary N) is 1. The Kier molecular flexibility index (Phi) is 4.26. The lowest BCUT2D eigenvalue weighted by Gasteiger charge is -2.12. The highest BCUT2D eigenvalue weighted by molar-refractivity contribution is 5.38. The summed E-state index contributed by atoms with van der Waals surface area (Å²) in [6.07, 6.45) is -3.30. The van der Waals surface area contributed by atoms with Crippen LogP contribution in [0.3, 0.4) is 0 Å². The van der Waals surface area contributed by atoms with Crippen LogP contribution in [0.5, 0.6) is 0 Å². The molecule has 1 aromatic heterocycles.